The highest BCUT2D eigenvalue weighted by Crippen LogP contribution is 2.28. The molecule has 0 aliphatic heterocycles. The van der Waals surface area contributed by atoms with Crippen molar-refractivity contribution in [1.29, 1.82) is 0 Å². The lowest BCUT2D eigenvalue weighted by atomic mass is 10.0. The molecule has 1 N–H and O–H groups in total. The predicted molar refractivity (Wildman–Crippen MR) is 152 cm³/mol. The number of pyridine rings is 1. The first-order valence-corrected chi connectivity index (χ1v) is 14.7. The number of unbranched alkanes of at least 4 members (excludes halogenated alkanes) is 13. The minimum absolute atomic E-state index is 0.0834. The van der Waals surface area contributed by atoms with Gasteiger partial charge in [0.2, 0.25) is 0 Å². The largest absolute Gasteiger partial charge is 0.493 e. The predicted octanol–water partition coefficient (Wildman–Crippen LogP) is 7.79. The van der Waals surface area contributed by atoms with Crippen molar-refractivity contribution in [2.24, 2.45) is 0 Å². The molecular formula is C32H51N2O3+. The Bertz CT molecular complexity index is 884. The highest BCUT2D eigenvalue weighted by molar-refractivity contribution is 5.93. The van der Waals surface area contributed by atoms with E-state index in [9.17, 15) is 4.79 Å². The van der Waals surface area contributed by atoms with Crippen LogP contribution in [-0.4, -0.2) is 19.6 Å². The third-order valence-corrected chi connectivity index (χ3v) is 6.92. The normalized spacial score (nSPS) is 10.9. The van der Waals surface area contributed by atoms with E-state index in [2.05, 4.69) is 19.2 Å². The van der Waals surface area contributed by atoms with Crippen molar-refractivity contribution < 1.29 is 18.8 Å². The quantitative estimate of drug-likeness (QED) is 0.137. The molecule has 5 heteroatoms. The van der Waals surface area contributed by atoms with Crippen molar-refractivity contribution in [2.75, 3.05) is 13.7 Å². The monoisotopic (exact) mass is 511 g/mol. The van der Waals surface area contributed by atoms with Gasteiger partial charge in [-0.1, -0.05) is 96.5 Å². The molecule has 0 spiro atoms. The summed E-state index contributed by atoms with van der Waals surface area (Å²) in [5, 5.41) is 2.99. The third kappa shape index (κ3) is 13.0. The molecular weight excluding hydrogens is 460 g/mol. The van der Waals surface area contributed by atoms with Crippen LogP contribution >= 0.6 is 0 Å². The Hall–Kier alpha value is -2.56. The standard InChI is InChI=1S/C32H50N2O3/c1-4-6-7-8-9-10-11-12-13-14-15-16-17-18-24-37-30-22-21-28(25-31(30)36-3)26-33-32(35)29-20-19-23-34(5-2)27-29/h19-23,25,27H,4-18,24,26H2,1-3H3/p+1. The third-order valence-electron chi connectivity index (χ3n) is 6.92. The molecule has 0 atom stereocenters. The van der Waals surface area contributed by atoms with E-state index in [4.69, 9.17) is 9.47 Å². The summed E-state index contributed by atoms with van der Waals surface area (Å²) >= 11 is 0. The summed E-state index contributed by atoms with van der Waals surface area (Å²) in [5.41, 5.74) is 1.64. The van der Waals surface area contributed by atoms with Crippen LogP contribution in [0.4, 0.5) is 0 Å². The molecule has 1 amide bonds. The molecule has 37 heavy (non-hydrogen) atoms. The fourth-order valence-electron chi connectivity index (χ4n) is 4.56. The van der Waals surface area contributed by atoms with Crippen molar-refractivity contribution in [2.45, 2.75) is 117 Å². The van der Waals surface area contributed by atoms with Gasteiger partial charge in [-0.3, -0.25) is 4.79 Å². The molecule has 0 saturated carbocycles. The molecule has 0 aliphatic rings. The van der Waals surface area contributed by atoms with Gasteiger partial charge in [-0.2, -0.15) is 0 Å². The fourth-order valence-corrected chi connectivity index (χ4v) is 4.56. The maximum atomic E-state index is 12.5. The summed E-state index contributed by atoms with van der Waals surface area (Å²) in [5.74, 6) is 1.39. The Balaban J connectivity index is 1.56. The maximum absolute atomic E-state index is 12.5. The van der Waals surface area contributed by atoms with Gasteiger partial charge in [0.25, 0.3) is 5.91 Å². The number of aryl methyl sites for hydroxylation is 1. The topological polar surface area (TPSA) is 51.4 Å². The Morgan fingerprint density at radius 3 is 2.03 bits per heavy atom. The van der Waals surface area contributed by atoms with Crippen LogP contribution in [0.2, 0.25) is 0 Å². The van der Waals surface area contributed by atoms with Crippen LogP contribution in [0.1, 0.15) is 120 Å². The number of nitrogens with zero attached hydrogens (tertiary/aromatic N) is 1. The number of amides is 1. The first-order chi connectivity index (χ1) is 18.2. The second-order valence-corrected chi connectivity index (χ2v) is 10.0. The SMILES string of the molecule is CCCCCCCCCCCCCCCCOc1ccc(CNC(=O)c2ccc[n+](CC)c2)cc1OC. The Morgan fingerprint density at radius 2 is 1.43 bits per heavy atom. The van der Waals surface area contributed by atoms with E-state index in [0.29, 0.717) is 24.5 Å². The van der Waals surface area contributed by atoms with Gasteiger partial charge in [-0.25, -0.2) is 4.57 Å². The lowest BCUT2D eigenvalue weighted by molar-refractivity contribution is -0.693. The smallest absolute Gasteiger partial charge is 0.257 e. The minimum atomic E-state index is -0.0834. The average Bonchev–Trinajstić information content (AvgIpc) is 2.94. The molecule has 0 fully saturated rings. The zero-order valence-corrected chi connectivity index (χ0v) is 23.7. The second kappa shape index (κ2) is 19.5. The fraction of sp³-hybridized carbons (Fsp3) is 0.625. The van der Waals surface area contributed by atoms with E-state index in [1.54, 1.807) is 7.11 Å². The molecule has 2 rings (SSSR count). The first-order valence-electron chi connectivity index (χ1n) is 14.7. The van der Waals surface area contributed by atoms with Crippen LogP contribution in [0, 0.1) is 0 Å². The number of rotatable bonds is 21. The molecule has 1 aromatic heterocycles. The number of benzene rings is 1. The van der Waals surface area contributed by atoms with E-state index >= 15 is 0 Å². The Morgan fingerprint density at radius 1 is 0.811 bits per heavy atom. The maximum Gasteiger partial charge on any atom is 0.257 e. The molecule has 1 heterocycles. The molecule has 0 aliphatic carbocycles. The van der Waals surface area contributed by atoms with Crippen molar-refractivity contribution in [3.8, 4) is 11.5 Å². The number of carbonyl (C=O) groups excluding carboxylic acids is 1. The van der Waals surface area contributed by atoms with Gasteiger partial charge >= 0.3 is 0 Å². The van der Waals surface area contributed by atoms with E-state index in [1.807, 2.05) is 47.3 Å². The number of ether oxygens (including phenoxy) is 2. The number of nitrogens with one attached hydrogen (secondary N) is 1. The minimum Gasteiger partial charge on any atom is -0.493 e. The summed E-state index contributed by atoms with van der Waals surface area (Å²) < 4.78 is 13.5. The van der Waals surface area contributed by atoms with Gasteiger partial charge < -0.3 is 14.8 Å². The Kier molecular flexibility index (Phi) is 16.2. The van der Waals surface area contributed by atoms with Crippen molar-refractivity contribution in [3.05, 3.63) is 53.9 Å². The highest BCUT2D eigenvalue weighted by atomic mass is 16.5. The molecule has 0 bridgehead atoms. The molecule has 5 nitrogen and oxygen atoms in total. The van der Waals surface area contributed by atoms with Gasteiger partial charge in [0, 0.05) is 12.6 Å². The van der Waals surface area contributed by atoms with Crippen LogP contribution in [-0.2, 0) is 13.1 Å². The lowest BCUT2D eigenvalue weighted by Crippen LogP contribution is -2.34. The second-order valence-electron chi connectivity index (χ2n) is 10.0. The van der Waals surface area contributed by atoms with Crippen molar-refractivity contribution in [3.63, 3.8) is 0 Å². The Labute approximate surface area is 226 Å². The number of aromatic nitrogens is 1. The van der Waals surface area contributed by atoms with Gasteiger partial charge in [0.05, 0.1) is 13.7 Å². The number of hydrogen-bond donors (Lipinski definition) is 1. The highest BCUT2D eigenvalue weighted by Gasteiger charge is 2.11. The summed E-state index contributed by atoms with van der Waals surface area (Å²) in [6.45, 7) is 6.31. The van der Waals surface area contributed by atoms with Gasteiger partial charge in [0.15, 0.2) is 23.9 Å². The van der Waals surface area contributed by atoms with Gasteiger partial charge in [0.1, 0.15) is 12.1 Å². The van der Waals surface area contributed by atoms with Crippen molar-refractivity contribution in [1.82, 2.24) is 5.32 Å². The van der Waals surface area contributed by atoms with Crippen LogP contribution in [0.3, 0.4) is 0 Å². The van der Waals surface area contributed by atoms with E-state index in [-0.39, 0.29) is 5.91 Å². The van der Waals surface area contributed by atoms with Gasteiger partial charge in [-0.05, 0) is 37.1 Å². The van der Waals surface area contributed by atoms with Crippen molar-refractivity contribution >= 4 is 5.91 Å². The molecule has 0 saturated heterocycles. The molecule has 0 unspecified atom stereocenters. The van der Waals surface area contributed by atoms with E-state index in [1.165, 1.54) is 83.5 Å². The molecule has 2 aromatic rings. The van der Waals surface area contributed by atoms with Crippen LogP contribution in [0.15, 0.2) is 42.7 Å². The zero-order valence-electron chi connectivity index (χ0n) is 23.7. The van der Waals surface area contributed by atoms with Crippen LogP contribution < -0.4 is 19.4 Å². The van der Waals surface area contributed by atoms with Crippen LogP contribution in [0.5, 0.6) is 11.5 Å². The van der Waals surface area contributed by atoms with E-state index in [0.717, 1.165) is 24.3 Å². The zero-order chi connectivity index (χ0) is 26.6. The molecule has 206 valence electrons. The van der Waals surface area contributed by atoms with Gasteiger partial charge in [-0.15, -0.1) is 0 Å². The number of carbonyl (C=O) groups is 1. The first kappa shape index (κ1) is 30.7. The lowest BCUT2D eigenvalue weighted by Gasteiger charge is -2.13. The number of methoxy groups -OCH3 is 1. The average molecular weight is 512 g/mol. The molecule has 0 radical (unpaired) electrons. The molecule has 1 aromatic carbocycles. The number of hydrogen-bond acceptors (Lipinski definition) is 3. The summed E-state index contributed by atoms with van der Waals surface area (Å²) in [7, 11) is 1.66. The summed E-state index contributed by atoms with van der Waals surface area (Å²) in [6, 6.07) is 9.60. The van der Waals surface area contributed by atoms with E-state index < -0.39 is 0 Å². The summed E-state index contributed by atoms with van der Waals surface area (Å²) in [4.78, 5) is 12.5. The van der Waals surface area contributed by atoms with Crippen LogP contribution in [0.25, 0.3) is 0 Å². The summed E-state index contributed by atoms with van der Waals surface area (Å²) in [6.07, 6.45) is 22.7.